The Hall–Kier alpha value is -5.48. The molecule has 0 aliphatic carbocycles. The average Bonchev–Trinajstić information content (AvgIpc) is 3.70. The van der Waals surface area contributed by atoms with Crippen molar-refractivity contribution in [2.24, 2.45) is 10.1 Å². The minimum atomic E-state index is -1.41. The van der Waals surface area contributed by atoms with Crippen molar-refractivity contribution in [1.29, 1.82) is 0 Å². The molecule has 0 saturated carbocycles. The van der Waals surface area contributed by atoms with Crippen LogP contribution in [0.3, 0.4) is 0 Å². The standard InChI is InChI=1S/C26H20N10O9S3/c1-9-16(37)21(36-26(29-9)32-17(33-36)23(42)43)47-7-11-6-46-20-14(19(39)35(20)15(11)22(40)41)31-18(38)13(12-8-48-25(27)30-12)34-45-24(44)10-3-2-4-28-5-10/h2-5,8,14,20-21H,6-7H2,1H3,(H2,27,30)(H,31,38)(H,40,41)(H,42,43)/b34-13-/t14-,20-,21?/m1/s1. The lowest BCUT2D eigenvalue weighted by molar-refractivity contribution is -0.150. The zero-order chi connectivity index (χ0) is 34.3. The maximum atomic E-state index is 13.4. The molecule has 1 fully saturated rings. The van der Waals surface area contributed by atoms with E-state index < -0.39 is 63.8 Å². The quantitative estimate of drug-likeness (QED) is 0.0953. The van der Waals surface area contributed by atoms with E-state index in [1.807, 2.05) is 0 Å². The smallest absolute Gasteiger partial charge is 0.375 e. The van der Waals surface area contributed by atoms with Crippen molar-refractivity contribution in [2.45, 2.75) is 23.7 Å². The summed E-state index contributed by atoms with van der Waals surface area (Å²) in [4.78, 5) is 97.4. The van der Waals surface area contributed by atoms with Crippen LogP contribution >= 0.6 is 34.9 Å². The molecule has 0 spiro atoms. The molecule has 0 bridgehead atoms. The van der Waals surface area contributed by atoms with Gasteiger partial charge in [-0.25, -0.2) is 29.0 Å². The van der Waals surface area contributed by atoms with Crippen LogP contribution in [-0.4, -0.2) is 110 Å². The van der Waals surface area contributed by atoms with Crippen LogP contribution in [0.4, 0.5) is 11.1 Å². The first kappa shape index (κ1) is 32.5. The van der Waals surface area contributed by atoms with Crippen LogP contribution in [0.1, 0.15) is 39.0 Å². The summed E-state index contributed by atoms with van der Waals surface area (Å²) < 4.78 is 1.06. The number of carbonyl (C=O) groups is 6. The average molecular weight is 713 g/mol. The summed E-state index contributed by atoms with van der Waals surface area (Å²) in [6, 6.07) is 1.76. The molecule has 22 heteroatoms. The maximum absolute atomic E-state index is 13.4. The zero-order valence-corrected chi connectivity index (χ0v) is 26.6. The number of nitrogens with zero attached hydrogens (tertiary/aromatic N) is 8. The Balaban J connectivity index is 1.18. The van der Waals surface area contributed by atoms with E-state index in [1.54, 1.807) is 0 Å². The Bertz CT molecular complexity index is 1990. The molecule has 48 heavy (non-hydrogen) atoms. The minimum Gasteiger partial charge on any atom is -0.477 e. The lowest BCUT2D eigenvalue weighted by Crippen LogP contribution is -2.71. The van der Waals surface area contributed by atoms with E-state index in [2.05, 4.69) is 35.5 Å². The number of Topliss-reactive ketones (excluding diaryl/α,β-unsaturated/α-hetero) is 1. The molecule has 3 aromatic heterocycles. The van der Waals surface area contributed by atoms with E-state index in [-0.39, 0.29) is 45.3 Å². The second kappa shape index (κ2) is 13.0. The van der Waals surface area contributed by atoms with Crippen molar-refractivity contribution in [3.05, 3.63) is 58.3 Å². The highest BCUT2D eigenvalue weighted by Crippen LogP contribution is 2.42. The van der Waals surface area contributed by atoms with Crippen LogP contribution < -0.4 is 11.1 Å². The molecular weight excluding hydrogens is 693 g/mol. The van der Waals surface area contributed by atoms with E-state index in [9.17, 15) is 39.0 Å². The van der Waals surface area contributed by atoms with Gasteiger partial charge in [-0.05, 0) is 24.6 Å². The lowest BCUT2D eigenvalue weighted by atomic mass is 10.0. The Kier molecular flexibility index (Phi) is 8.77. The monoisotopic (exact) mass is 712 g/mol. The molecule has 1 unspecified atom stereocenters. The number of β-lactam (4-membered cyclic amide) rings is 1. The van der Waals surface area contributed by atoms with Gasteiger partial charge in [0.1, 0.15) is 22.8 Å². The number of aromatic carboxylic acids is 1. The predicted octanol–water partition coefficient (Wildman–Crippen LogP) is 0.317. The topological polar surface area (TPSA) is 275 Å². The number of carboxylic acid groups (broad SMARTS) is 2. The number of oxime groups is 1. The molecule has 6 rings (SSSR count). The number of aliphatic carboxylic acids is 1. The number of hydrogen-bond donors (Lipinski definition) is 4. The minimum absolute atomic E-state index is 0.0251. The van der Waals surface area contributed by atoms with E-state index in [0.29, 0.717) is 5.57 Å². The molecule has 2 amide bonds. The number of carboxylic acids is 2. The van der Waals surface area contributed by atoms with Crippen molar-refractivity contribution < 1.29 is 43.8 Å². The van der Waals surface area contributed by atoms with Crippen molar-refractivity contribution in [3.8, 4) is 0 Å². The largest absolute Gasteiger partial charge is 0.477 e. The van der Waals surface area contributed by atoms with Crippen LogP contribution in [0.25, 0.3) is 0 Å². The maximum Gasteiger partial charge on any atom is 0.375 e. The summed E-state index contributed by atoms with van der Waals surface area (Å²) in [7, 11) is 0. The number of nitrogens with two attached hydrogens (primary N) is 1. The first-order chi connectivity index (χ1) is 22.9. The first-order valence-corrected chi connectivity index (χ1v) is 16.4. The predicted molar refractivity (Wildman–Crippen MR) is 169 cm³/mol. The third-order valence-electron chi connectivity index (χ3n) is 6.92. The Morgan fingerprint density at radius 2 is 2.00 bits per heavy atom. The van der Waals surface area contributed by atoms with Gasteiger partial charge in [0.25, 0.3) is 17.6 Å². The molecular formula is C26H20N10O9S3. The molecule has 5 N–H and O–H groups in total. The summed E-state index contributed by atoms with van der Waals surface area (Å²) in [5.41, 5.74) is 5.37. The number of aromatic nitrogens is 5. The summed E-state index contributed by atoms with van der Waals surface area (Å²) in [6.07, 6.45) is 2.69. The number of anilines is 1. The number of thioether (sulfide) groups is 2. The van der Waals surface area contributed by atoms with Gasteiger partial charge in [-0.15, -0.1) is 40.0 Å². The van der Waals surface area contributed by atoms with E-state index >= 15 is 0 Å². The van der Waals surface area contributed by atoms with Gasteiger partial charge in [-0.3, -0.25) is 24.3 Å². The number of hydrogen-bond acceptors (Lipinski definition) is 17. The van der Waals surface area contributed by atoms with Crippen LogP contribution in [-0.2, 0) is 24.0 Å². The highest BCUT2D eigenvalue weighted by molar-refractivity contribution is 8.01. The molecule has 0 radical (unpaired) electrons. The third-order valence-corrected chi connectivity index (χ3v) is 10.2. The fourth-order valence-electron chi connectivity index (χ4n) is 4.69. The molecule has 3 aliphatic rings. The second-order valence-electron chi connectivity index (χ2n) is 9.96. The molecule has 3 aromatic rings. The number of carbonyl (C=O) groups excluding carboxylic acids is 4. The number of nitrogens with one attached hydrogen (secondary N) is 1. The van der Waals surface area contributed by atoms with Crippen LogP contribution in [0.15, 0.2) is 51.3 Å². The molecule has 0 aromatic carbocycles. The normalized spacial score (nSPS) is 20.4. The Morgan fingerprint density at radius 1 is 1.21 bits per heavy atom. The number of ketones is 1. The van der Waals surface area contributed by atoms with Gasteiger partial charge in [0, 0.05) is 29.3 Å². The van der Waals surface area contributed by atoms with Crippen LogP contribution in [0.2, 0.25) is 0 Å². The SMILES string of the molecule is CC1=Nc2nc(C(=O)O)nn2C(SCC2=C(C(=O)O)N3C(=O)[C@@H](NC(=O)/C(=N\OC(=O)c4cccnc4)c4csc(N)n4)[C@H]3SC2)C1=O. The summed E-state index contributed by atoms with van der Waals surface area (Å²) >= 11 is 3.14. The van der Waals surface area contributed by atoms with Gasteiger partial charge in [0.15, 0.2) is 16.2 Å². The van der Waals surface area contributed by atoms with E-state index in [4.69, 9.17) is 10.6 Å². The summed E-state index contributed by atoms with van der Waals surface area (Å²) in [5, 5.41) is 29.0. The molecule has 19 nitrogen and oxygen atoms in total. The van der Waals surface area contributed by atoms with Gasteiger partial charge in [0.2, 0.25) is 11.7 Å². The van der Waals surface area contributed by atoms with Crippen molar-refractivity contribution >= 4 is 92.9 Å². The second-order valence-corrected chi connectivity index (χ2v) is 13.0. The fourth-order valence-corrected chi connectivity index (χ4v) is 7.91. The first-order valence-electron chi connectivity index (χ1n) is 13.5. The summed E-state index contributed by atoms with van der Waals surface area (Å²) in [6.45, 7) is 1.44. The fraction of sp³-hybridized carbons (Fsp3) is 0.231. The van der Waals surface area contributed by atoms with Gasteiger partial charge in [-0.1, -0.05) is 5.16 Å². The number of pyridine rings is 1. The lowest BCUT2D eigenvalue weighted by Gasteiger charge is -2.49. The number of thiazole rings is 1. The molecule has 3 aliphatic heterocycles. The highest BCUT2D eigenvalue weighted by Gasteiger charge is 2.54. The van der Waals surface area contributed by atoms with E-state index in [0.717, 1.165) is 32.7 Å². The summed E-state index contributed by atoms with van der Waals surface area (Å²) in [5.74, 6) is -6.43. The molecule has 1 saturated heterocycles. The van der Waals surface area contributed by atoms with Crippen molar-refractivity contribution in [2.75, 3.05) is 17.2 Å². The van der Waals surface area contributed by atoms with Crippen molar-refractivity contribution in [1.82, 2.24) is 34.9 Å². The highest BCUT2D eigenvalue weighted by atomic mass is 32.2. The molecule has 246 valence electrons. The van der Waals surface area contributed by atoms with Gasteiger partial charge < -0.3 is 26.1 Å². The third kappa shape index (κ3) is 6.02. The number of aliphatic imine (C=N–C) groups is 1. The Labute approximate surface area is 280 Å². The van der Waals surface area contributed by atoms with E-state index in [1.165, 1.54) is 48.6 Å². The zero-order valence-electron chi connectivity index (χ0n) is 24.2. The van der Waals surface area contributed by atoms with Crippen molar-refractivity contribution in [3.63, 3.8) is 0 Å². The molecule has 3 atom stereocenters. The number of rotatable bonds is 10. The van der Waals surface area contributed by atoms with Gasteiger partial charge in [-0.2, -0.15) is 4.98 Å². The number of amides is 2. The number of nitrogen functional groups attached to an aromatic ring is 1. The van der Waals surface area contributed by atoms with Crippen LogP contribution in [0, 0.1) is 0 Å². The molecule has 6 heterocycles. The van der Waals surface area contributed by atoms with Gasteiger partial charge >= 0.3 is 17.9 Å². The number of fused-ring (bicyclic) bond motifs is 2. The van der Waals surface area contributed by atoms with Gasteiger partial charge in [0.05, 0.1) is 11.3 Å². The Morgan fingerprint density at radius 3 is 2.67 bits per heavy atom. The van der Waals surface area contributed by atoms with Crippen LogP contribution in [0.5, 0.6) is 0 Å².